The van der Waals surface area contributed by atoms with E-state index in [0.29, 0.717) is 36.0 Å². The number of fused-ring (bicyclic) bond motifs is 3. The minimum Gasteiger partial charge on any atom is -0.452 e. The fourth-order valence-electron chi connectivity index (χ4n) is 4.41. The van der Waals surface area contributed by atoms with Crippen LogP contribution in [0, 0.1) is 11.8 Å². The first-order chi connectivity index (χ1) is 15.2. The fourth-order valence-corrected chi connectivity index (χ4v) is 4.41. The standard InChI is InChI=1S/C23H28N4O5/c1-14(2)11-18-24-19(32-25-18)13-31-22(30)23-10-9-20(28)27(23)17-8-6-5-7-16(17)21(29)26(23)12-15(3)4/h5-8,14-15H,9-13H2,1-4H3. The Bertz CT molecular complexity index is 1050. The fraction of sp³-hybridized carbons (Fsp3) is 0.522. The zero-order valence-corrected chi connectivity index (χ0v) is 18.8. The largest absolute Gasteiger partial charge is 0.452 e. The summed E-state index contributed by atoms with van der Waals surface area (Å²) < 4.78 is 10.8. The van der Waals surface area contributed by atoms with Crippen LogP contribution in [-0.4, -0.2) is 45.0 Å². The Kier molecular flexibility index (Phi) is 5.75. The lowest BCUT2D eigenvalue weighted by Gasteiger charge is -2.48. The van der Waals surface area contributed by atoms with Crippen LogP contribution in [0.4, 0.5) is 5.69 Å². The number of amides is 2. The molecule has 1 unspecified atom stereocenters. The third kappa shape index (κ3) is 3.65. The van der Waals surface area contributed by atoms with Crippen LogP contribution < -0.4 is 4.90 Å². The van der Waals surface area contributed by atoms with Crippen molar-refractivity contribution >= 4 is 23.5 Å². The van der Waals surface area contributed by atoms with Gasteiger partial charge in [-0.1, -0.05) is 45.0 Å². The van der Waals surface area contributed by atoms with Crippen LogP contribution in [-0.2, 0) is 27.4 Å². The number of nitrogens with zero attached hydrogens (tertiary/aromatic N) is 4. The van der Waals surface area contributed by atoms with Gasteiger partial charge in [0.2, 0.25) is 11.6 Å². The highest BCUT2D eigenvalue weighted by Crippen LogP contribution is 2.45. The molecule has 0 radical (unpaired) electrons. The van der Waals surface area contributed by atoms with Crippen LogP contribution in [0.3, 0.4) is 0 Å². The van der Waals surface area contributed by atoms with E-state index in [4.69, 9.17) is 9.26 Å². The van der Waals surface area contributed by atoms with Gasteiger partial charge in [-0.15, -0.1) is 0 Å². The Morgan fingerprint density at radius 1 is 1.19 bits per heavy atom. The molecule has 1 saturated heterocycles. The van der Waals surface area contributed by atoms with Crippen molar-refractivity contribution in [3.63, 3.8) is 0 Å². The number of hydrogen-bond donors (Lipinski definition) is 0. The summed E-state index contributed by atoms with van der Waals surface area (Å²) in [7, 11) is 0. The summed E-state index contributed by atoms with van der Waals surface area (Å²) in [5, 5.41) is 3.91. The number of para-hydroxylation sites is 1. The normalized spacial score (nSPS) is 20.2. The van der Waals surface area contributed by atoms with Gasteiger partial charge in [-0.2, -0.15) is 4.98 Å². The van der Waals surface area contributed by atoms with E-state index >= 15 is 0 Å². The van der Waals surface area contributed by atoms with Crippen molar-refractivity contribution in [1.29, 1.82) is 0 Å². The molecular weight excluding hydrogens is 412 g/mol. The zero-order valence-electron chi connectivity index (χ0n) is 18.8. The molecule has 0 aliphatic carbocycles. The van der Waals surface area contributed by atoms with Gasteiger partial charge in [-0.25, -0.2) is 4.79 Å². The molecule has 0 N–H and O–H groups in total. The topological polar surface area (TPSA) is 106 Å². The van der Waals surface area contributed by atoms with Crippen molar-refractivity contribution in [2.24, 2.45) is 11.8 Å². The van der Waals surface area contributed by atoms with E-state index in [1.165, 1.54) is 9.80 Å². The maximum atomic E-state index is 13.6. The number of carbonyl (C=O) groups is 3. The van der Waals surface area contributed by atoms with Gasteiger partial charge in [-0.3, -0.25) is 14.5 Å². The van der Waals surface area contributed by atoms with Crippen LogP contribution in [0.15, 0.2) is 28.8 Å². The summed E-state index contributed by atoms with van der Waals surface area (Å²) in [5.74, 6) is 0.000442. The van der Waals surface area contributed by atoms with Gasteiger partial charge in [0.25, 0.3) is 11.8 Å². The molecule has 0 spiro atoms. The summed E-state index contributed by atoms with van der Waals surface area (Å²) in [6.45, 7) is 8.10. The Labute approximate surface area is 186 Å². The Morgan fingerprint density at radius 3 is 2.66 bits per heavy atom. The number of benzene rings is 1. The maximum Gasteiger partial charge on any atom is 0.354 e. The van der Waals surface area contributed by atoms with E-state index in [2.05, 4.69) is 10.1 Å². The van der Waals surface area contributed by atoms with Gasteiger partial charge in [0.15, 0.2) is 12.4 Å². The van der Waals surface area contributed by atoms with E-state index in [0.717, 1.165) is 0 Å². The van der Waals surface area contributed by atoms with Crippen molar-refractivity contribution in [1.82, 2.24) is 15.0 Å². The monoisotopic (exact) mass is 440 g/mol. The number of aromatic nitrogens is 2. The summed E-state index contributed by atoms with van der Waals surface area (Å²) in [4.78, 5) is 47.1. The number of esters is 1. The van der Waals surface area contributed by atoms with Crippen LogP contribution in [0.25, 0.3) is 0 Å². The van der Waals surface area contributed by atoms with Crippen molar-refractivity contribution in [2.75, 3.05) is 11.4 Å². The molecule has 1 atom stereocenters. The number of hydrogen-bond acceptors (Lipinski definition) is 7. The minimum atomic E-state index is -1.52. The molecule has 1 aromatic heterocycles. The highest BCUT2D eigenvalue weighted by molar-refractivity contribution is 6.15. The van der Waals surface area contributed by atoms with Crippen molar-refractivity contribution in [3.05, 3.63) is 41.5 Å². The third-order valence-electron chi connectivity index (χ3n) is 5.68. The van der Waals surface area contributed by atoms with E-state index in [9.17, 15) is 14.4 Å². The molecule has 4 rings (SSSR count). The molecule has 1 aromatic carbocycles. The quantitative estimate of drug-likeness (QED) is 0.610. The lowest BCUT2D eigenvalue weighted by molar-refractivity contribution is -0.159. The third-order valence-corrected chi connectivity index (χ3v) is 5.68. The smallest absolute Gasteiger partial charge is 0.354 e. The molecule has 1 fully saturated rings. The highest BCUT2D eigenvalue weighted by atomic mass is 16.6. The van der Waals surface area contributed by atoms with Crippen LogP contribution in [0.5, 0.6) is 0 Å². The van der Waals surface area contributed by atoms with Crippen molar-refractivity contribution in [3.8, 4) is 0 Å². The second kappa shape index (κ2) is 8.37. The highest BCUT2D eigenvalue weighted by Gasteiger charge is 2.62. The number of carbonyl (C=O) groups excluding carboxylic acids is 3. The molecule has 9 nitrogen and oxygen atoms in total. The molecule has 170 valence electrons. The van der Waals surface area contributed by atoms with Crippen molar-refractivity contribution < 1.29 is 23.6 Å². The second-order valence-electron chi connectivity index (χ2n) is 9.15. The molecule has 2 aliphatic heterocycles. The van der Waals surface area contributed by atoms with Gasteiger partial charge in [0, 0.05) is 25.8 Å². The molecule has 32 heavy (non-hydrogen) atoms. The lowest BCUT2D eigenvalue weighted by Crippen LogP contribution is -2.69. The average molecular weight is 441 g/mol. The van der Waals surface area contributed by atoms with Gasteiger partial charge in [0.1, 0.15) is 0 Å². The van der Waals surface area contributed by atoms with E-state index in [1.807, 2.05) is 27.7 Å². The first kappa shape index (κ1) is 22.0. The molecule has 0 saturated carbocycles. The van der Waals surface area contributed by atoms with E-state index < -0.39 is 11.6 Å². The Hall–Kier alpha value is -3.23. The van der Waals surface area contributed by atoms with Gasteiger partial charge >= 0.3 is 5.97 Å². The minimum absolute atomic E-state index is 0.0842. The SMILES string of the molecule is CC(C)Cc1noc(COC(=O)C23CCC(=O)N2c2ccccc2C(=O)N3CC(C)C)n1. The number of rotatable bonds is 7. The zero-order chi connectivity index (χ0) is 23.0. The van der Waals surface area contributed by atoms with Gasteiger partial charge in [0.05, 0.1) is 11.3 Å². The average Bonchev–Trinajstić information content (AvgIpc) is 3.33. The number of ether oxygens (including phenoxy) is 1. The lowest BCUT2D eigenvalue weighted by atomic mass is 9.95. The summed E-state index contributed by atoms with van der Waals surface area (Å²) in [6.07, 6.45) is 0.960. The molecule has 2 amide bonds. The van der Waals surface area contributed by atoms with Gasteiger partial charge < -0.3 is 14.2 Å². The molecular formula is C23H28N4O5. The predicted molar refractivity (Wildman–Crippen MR) is 114 cm³/mol. The number of anilines is 1. The van der Waals surface area contributed by atoms with Crippen molar-refractivity contribution in [2.45, 2.75) is 59.2 Å². The summed E-state index contributed by atoms with van der Waals surface area (Å²) in [6, 6.07) is 6.88. The Balaban J connectivity index is 1.67. The molecule has 2 aliphatic rings. The molecule has 2 aromatic rings. The molecule has 0 bridgehead atoms. The van der Waals surface area contributed by atoms with Crippen LogP contribution in [0.2, 0.25) is 0 Å². The second-order valence-corrected chi connectivity index (χ2v) is 9.15. The Morgan fingerprint density at radius 2 is 1.94 bits per heavy atom. The molecule has 9 heteroatoms. The summed E-state index contributed by atoms with van der Waals surface area (Å²) in [5.41, 5.74) is -0.677. The predicted octanol–water partition coefficient (Wildman–Crippen LogP) is 2.95. The van der Waals surface area contributed by atoms with Crippen LogP contribution >= 0.6 is 0 Å². The molecule has 3 heterocycles. The first-order valence-corrected chi connectivity index (χ1v) is 11.0. The summed E-state index contributed by atoms with van der Waals surface area (Å²) >= 11 is 0. The van der Waals surface area contributed by atoms with Crippen LogP contribution in [0.1, 0.15) is 62.6 Å². The van der Waals surface area contributed by atoms with E-state index in [1.54, 1.807) is 24.3 Å². The first-order valence-electron chi connectivity index (χ1n) is 11.0. The maximum absolute atomic E-state index is 13.6. The van der Waals surface area contributed by atoms with Gasteiger partial charge in [-0.05, 0) is 24.0 Å². The van der Waals surface area contributed by atoms with E-state index in [-0.39, 0.29) is 43.1 Å².